The fourth-order valence-electron chi connectivity index (χ4n) is 2.21. The number of hydrogen-bond acceptors (Lipinski definition) is 4. The molecule has 0 fully saturated rings. The van der Waals surface area contributed by atoms with Gasteiger partial charge in [0.15, 0.2) is 5.65 Å². The molecule has 0 aromatic carbocycles. The van der Waals surface area contributed by atoms with Crippen LogP contribution in [0.4, 0.5) is 5.69 Å². The van der Waals surface area contributed by atoms with E-state index < -0.39 is 0 Å². The third kappa shape index (κ3) is 1.93. The minimum Gasteiger partial charge on any atom is -0.384 e. The number of anilines is 1. The predicted octanol–water partition coefficient (Wildman–Crippen LogP) is 0.626. The van der Waals surface area contributed by atoms with Gasteiger partial charge in [0.1, 0.15) is 5.39 Å². The first-order valence-electron chi connectivity index (χ1n) is 6.34. The van der Waals surface area contributed by atoms with E-state index in [9.17, 15) is 9.59 Å². The fraction of sp³-hybridized carbons (Fsp3) is 0.462. The Morgan fingerprint density at radius 1 is 1.21 bits per heavy atom. The molecule has 0 aliphatic heterocycles. The van der Waals surface area contributed by atoms with E-state index in [1.54, 1.807) is 13.2 Å². The lowest BCUT2D eigenvalue weighted by Gasteiger charge is -2.14. The van der Waals surface area contributed by atoms with Crippen LogP contribution in [0.25, 0.3) is 11.0 Å². The van der Waals surface area contributed by atoms with Crippen LogP contribution in [0.1, 0.15) is 19.4 Å². The van der Waals surface area contributed by atoms with E-state index in [0.717, 1.165) is 22.2 Å². The number of nitrogens with one attached hydrogen (secondary N) is 1. The first-order chi connectivity index (χ1) is 9.02. The van der Waals surface area contributed by atoms with Gasteiger partial charge in [0.05, 0.1) is 5.69 Å². The fourth-order valence-corrected chi connectivity index (χ4v) is 2.21. The van der Waals surface area contributed by atoms with Crippen molar-refractivity contribution in [3.8, 4) is 0 Å². The van der Waals surface area contributed by atoms with E-state index >= 15 is 0 Å². The maximum absolute atomic E-state index is 12.3. The molecule has 2 heterocycles. The number of fused-ring (bicyclic) bond motifs is 1. The number of aromatic nitrogens is 3. The van der Waals surface area contributed by atoms with Crippen molar-refractivity contribution < 1.29 is 0 Å². The van der Waals surface area contributed by atoms with Crippen LogP contribution < -0.4 is 16.6 Å². The van der Waals surface area contributed by atoms with Crippen LogP contribution >= 0.6 is 0 Å². The smallest absolute Gasteiger partial charge is 0.332 e. The minimum absolute atomic E-state index is 0.308. The van der Waals surface area contributed by atoms with Gasteiger partial charge < -0.3 is 5.32 Å². The highest BCUT2D eigenvalue weighted by Crippen LogP contribution is 2.22. The number of rotatable bonds is 3. The summed E-state index contributed by atoms with van der Waals surface area (Å²) in [5.41, 5.74) is 1.51. The van der Waals surface area contributed by atoms with Crippen LogP contribution in [0.2, 0.25) is 0 Å². The Balaban J connectivity index is 3.04. The zero-order valence-electron chi connectivity index (χ0n) is 11.6. The van der Waals surface area contributed by atoms with Crippen LogP contribution in [0, 0.1) is 0 Å². The summed E-state index contributed by atoms with van der Waals surface area (Å²) in [6.07, 6.45) is 2.50. The van der Waals surface area contributed by atoms with E-state index in [1.165, 1.54) is 11.6 Å². The van der Waals surface area contributed by atoms with Crippen molar-refractivity contribution in [3.05, 3.63) is 32.6 Å². The largest absolute Gasteiger partial charge is 0.384 e. The van der Waals surface area contributed by atoms with Gasteiger partial charge in [-0.25, -0.2) is 9.78 Å². The Kier molecular flexibility index (Phi) is 3.42. The molecule has 0 saturated carbocycles. The second-order valence-electron chi connectivity index (χ2n) is 4.45. The Morgan fingerprint density at radius 3 is 2.47 bits per heavy atom. The molecule has 0 atom stereocenters. The van der Waals surface area contributed by atoms with E-state index in [-0.39, 0.29) is 11.2 Å². The van der Waals surface area contributed by atoms with Crippen molar-refractivity contribution in [3.63, 3.8) is 0 Å². The summed E-state index contributed by atoms with van der Waals surface area (Å²) in [5.74, 6) is 0. The Labute approximate surface area is 110 Å². The second-order valence-corrected chi connectivity index (χ2v) is 4.45. The summed E-state index contributed by atoms with van der Waals surface area (Å²) in [5, 5.41) is 3.69. The SMILES string of the molecule is CCNc1c(CC)cnc2c1c(=O)n(C)c(=O)n2C. The highest BCUT2D eigenvalue weighted by atomic mass is 16.2. The first kappa shape index (κ1) is 13.3. The van der Waals surface area contributed by atoms with Crippen molar-refractivity contribution >= 4 is 16.7 Å². The quantitative estimate of drug-likeness (QED) is 0.880. The number of aryl methyl sites for hydroxylation is 2. The standard InChI is InChI=1S/C13H18N4O2/c1-5-8-7-15-11-9(10(8)14-6-2)12(18)17(4)13(19)16(11)3/h7H,5-6H2,1-4H3,(H,14,15). The van der Waals surface area contributed by atoms with Crippen molar-refractivity contribution in [2.75, 3.05) is 11.9 Å². The maximum atomic E-state index is 12.3. The van der Waals surface area contributed by atoms with Crippen molar-refractivity contribution in [2.24, 2.45) is 14.1 Å². The second kappa shape index (κ2) is 4.87. The third-order valence-corrected chi connectivity index (χ3v) is 3.28. The molecule has 0 aliphatic rings. The Hall–Kier alpha value is -2.11. The third-order valence-electron chi connectivity index (χ3n) is 3.28. The van der Waals surface area contributed by atoms with Gasteiger partial charge in [0, 0.05) is 26.8 Å². The molecule has 102 valence electrons. The first-order valence-corrected chi connectivity index (χ1v) is 6.34. The number of pyridine rings is 1. The van der Waals surface area contributed by atoms with Crippen LogP contribution in [0.15, 0.2) is 15.8 Å². The molecule has 6 heteroatoms. The molecule has 0 radical (unpaired) electrons. The lowest BCUT2D eigenvalue weighted by molar-refractivity contribution is 0.707. The molecule has 0 aliphatic carbocycles. The highest BCUT2D eigenvalue weighted by molar-refractivity contribution is 5.90. The number of nitrogens with zero attached hydrogens (tertiary/aromatic N) is 3. The molecule has 2 aromatic rings. The Morgan fingerprint density at radius 2 is 1.89 bits per heavy atom. The molecule has 19 heavy (non-hydrogen) atoms. The van der Waals surface area contributed by atoms with E-state index in [2.05, 4.69) is 10.3 Å². The van der Waals surface area contributed by atoms with Crippen LogP contribution in [-0.2, 0) is 20.5 Å². The van der Waals surface area contributed by atoms with Crippen LogP contribution in [0.5, 0.6) is 0 Å². The van der Waals surface area contributed by atoms with E-state index in [4.69, 9.17) is 0 Å². The molecule has 1 N–H and O–H groups in total. The van der Waals surface area contributed by atoms with Crippen LogP contribution in [0.3, 0.4) is 0 Å². The van der Waals surface area contributed by atoms with Crippen LogP contribution in [-0.4, -0.2) is 20.7 Å². The molecule has 2 aromatic heterocycles. The summed E-state index contributed by atoms with van der Waals surface area (Å²) in [6, 6.07) is 0. The van der Waals surface area contributed by atoms with Gasteiger partial charge in [0.2, 0.25) is 0 Å². The topological polar surface area (TPSA) is 68.9 Å². The molecular weight excluding hydrogens is 244 g/mol. The minimum atomic E-state index is -0.364. The van der Waals surface area contributed by atoms with Gasteiger partial charge >= 0.3 is 5.69 Å². The summed E-state index contributed by atoms with van der Waals surface area (Å²) in [4.78, 5) is 28.5. The summed E-state index contributed by atoms with van der Waals surface area (Å²) >= 11 is 0. The molecule has 2 rings (SSSR count). The van der Waals surface area contributed by atoms with E-state index in [0.29, 0.717) is 17.6 Å². The molecular formula is C13H18N4O2. The highest BCUT2D eigenvalue weighted by Gasteiger charge is 2.15. The molecule has 0 amide bonds. The summed E-state index contributed by atoms with van der Waals surface area (Å²) in [7, 11) is 3.11. The number of hydrogen-bond donors (Lipinski definition) is 1. The zero-order chi connectivity index (χ0) is 14.2. The average molecular weight is 262 g/mol. The predicted molar refractivity (Wildman–Crippen MR) is 75.8 cm³/mol. The van der Waals surface area contributed by atoms with Gasteiger partial charge in [-0.2, -0.15) is 0 Å². The molecule has 0 bridgehead atoms. The Bertz CT molecular complexity index is 743. The van der Waals surface area contributed by atoms with Gasteiger partial charge in [-0.15, -0.1) is 0 Å². The lowest BCUT2D eigenvalue weighted by Crippen LogP contribution is -2.37. The molecule has 0 unspecified atom stereocenters. The lowest BCUT2D eigenvalue weighted by atomic mass is 10.1. The van der Waals surface area contributed by atoms with Gasteiger partial charge in [-0.05, 0) is 18.9 Å². The monoisotopic (exact) mass is 262 g/mol. The molecule has 0 spiro atoms. The van der Waals surface area contributed by atoms with Gasteiger partial charge in [0.25, 0.3) is 5.56 Å². The zero-order valence-corrected chi connectivity index (χ0v) is 11.6. The van der Waals surface area contributed by atoms with E-state index in [1.807, 2.05) is 13.8 Å². The summed E-state index contributed by atoms with van der Waals surface area (Å²) in [6.45, 7) is 4.69. The van der Waals surface area contributed by atoms with Gasteiger partial charge in [-0.3, -0.25) is 13.9 Å². The molecule has 6 nitrogen and oxygen atoms in total. The van der Waals surface area contributed by atoms with Crippen molar-refractivity contribution in [1.29, 1.82) is 0 Å². The average Bonchev–Trinajstić information content (AvgIpc) is 2.42. The molecule has 0 saturated heterocycles. The summed E-state index contributed by atoms with van der Waals surface area (Å²) < 4.78 is 2.52. The normalized spacial score (nSPS) is 10.9. The van der Waals surface area contributed by atoms with Gasteiger partial charge in [-0.1, -0.05) is 6.92 Å². The maximum Gasteiger partial charge on any atom is 0.332 e. The van der Waals surface area contributed by atoms with Crippen molar-refractivity contribution in [1.82, 2.24) is 14.1 Å². The van der Waals surface area contributed by atoms with Crippen molar-refractivity contribution in [2.45, 2.75) is 20.3 Å².